The largest absolute Gasteiger partial charge is 0.452 e. The SMILES string of the molecule is O=C(Oc1ccc2c(c1)OC(=Cc1cccc([N+](=O)[O-])c1)C2=O)c1ccc(F)cc1. The fourth-order valence-corrected chi connectivity index (χ4v) is 2.86. The van der Waals surface area contributed by atoms with Gasteiger partial charge < -0.3 is 9.47 Å². The Bertz CT molecular complexity index is 1220. The number of carbonyl (C=O) groups excluding carboxylic acids is 2. The van der Waals surface area contributed by atoms with Gasteiger partial charge in [-0.1, -0.05) is 12.1 Å². The second-order valence-electron chi connectivity index (χ2n) is 6.35. The number of carbonyl (C=O) groups is 2. The molecule has 0 saturated heterocycles. The second kappa shape index (κ2) is 7.59. The molecule has 0 spiro atoms. The van der Waals surface area contributed by atoms with Gasteiger partial charge in [0.15, 0.2) is 5.76 Å². The molecule has 0 aliphatic carbocycles. The van der Waals surface area contributed by atoms with Crippen LogP contribution in [0.15, 0.2) is 72.5 Å². The summed E-state index contributed by atoms with van der Waals surface area (Å²) in [5.41, 5.74) is 0.763. The van der Waals surface area contributed by atoms with E-state index in [0.717, 1.165) is 12.1 Å². The molecule has 0 bridgehead atoms. The Morgan fingerprint density at radius 3 is 2.57 bits per heavy atom. The minimum Gasteiger partial charge on any atom is -0.452 e. The molecule has 3 aromatic carbocycles. The van der Waals surface area contributed by atoms with Gasteiger partial charge in [0.1, 0.15) is 17.3 Å². The summed E-state index contributed by atoms with van der Waals surface area (Å²) in [6, 6.07) is 15.0. The van der Waals surface area contributed by atoms with Crippen molar-refractivity contribution >= 4 is 23.5 Å². The number of ketones is 1. The number of allylic oxidation sites excluding steroid dienone is 1. The number of halogens is 1. The van der Waals surface area contributed by atoms with E-state index in [9.17, 15) is 24.1 Å². The third-order valence-corrected chi connectivity index (χ3v) is 4.31. The molecular weight excluding hydrogens is 393 g/mol. The normalized spacial score (nSPS) is 13.6. The lowest BCUT2D eigenvalue weighted by molar-refractivity contribution is -0.384. The average molecular weight is 405 g/mol. The van der Waals surface area contributed by atoms with Crippen molar-refractivity contribution in [2.75, 3.05) is 0 Å². The first-order valence-corrected chi connectivity index (χ1v) is 8.71. The van der Waals surface area contributed by atoms with Crippen molar-refractivity contribution in [2.45, 2.75) is 0 Å². The van der Waals surface area contributed by atoms with E-state index in [1.54, 1.807) is 6.07 Å². The molecule has 1 aliphatic heterocycles. The summed E-state index contributed by atoms with van der Waals surface area (Å²) in [6.45, 7) is 0. The maximum atomic E-state index is 13.0. The summed E-state index contributed by atoms with van der Waals surface area (Å²) in [5.74, 6) is -1.22. The smallest absolute Gasteiger partial charge is 0.343 e. The van der Waals surface area contributed by atoms with E-state index in [0.29, 0.717) is 5.56 Å². The maximum Gasteiger partial charge on any atom is 0.343 e. The third-order valence-electron chi connectivity index (χ3n) is 4.31. The highest BCUT2D eigenvalue weighted by Gasteiger charge is 2.28. The molecule has 0 unspecified atom stereocenters. The van der Waals surface area contributed by atoms with Crippen LogP contribution in [0.3, 0.4) is 0 Å². The number of esters is 1. The first-order valence-electron chi connectivity index (χ1n) is 8.71. The predicted molar refractivity (Wildman–Crippen MR) is 104 cm³/mol. The monoisotopic (exact) mass is 405 g/mol. The average Bonchev–Trinajstić information content (AvgIpc) is 3.03. The molecule has 0 atom stereocenters. The minimum absolute atomic E-state index is 0.00694. The number of rotatable bonds is 4. The summed E-state index contributed by atoms with van der Waals surface area (Å²) in [5, 5.41) is 10.9. The van der Waals surface area contributed by atoms with Crippen molar-refractivity contribution in [3.05, 3.63) is 105 Å². The summed E-state index contributed by atoms with van der Waals surface area (Å²) in [6.07, 6.45) is 1.40. The summed E-state index contributed by atoms with van der Waals surface area (Å²) < 4.78 is 23.8. The second-order valence-corrected chi connectivity index (χ2v) is 6.35. The highest BCUT2D eigenvalue weighted by molar-refractivity contribution is 6.14. The predicted octanol–water partition coefficient (Wildman–Crippen LogP) is 4.57. The molecule has 0 fully saturated rings. The molecule has 3 aromatic rings. The lowest BCUT2D eigenvalue weighted by Crippen LogP contribution is -2.08. The topological polar surface area (TPSA) is 95.7 Å². The molecule has 0 radical (unpaired) electrons. The van der Waals surface area contributed by atoms with E-state index < -0.39 is 22.5 Å². The molecule has 1 aliphatic rings. The van der Waals surface area contributed by atoms with Gasteiger partial charge in [-0.25, -0.2) is 9.18 Å². The van der Waals surface area contributed by atoms with E-state index in [1.165, 1.54) is 54.6 Å². The van der Waals surface area contributed by atoms with Crippen molar-refractivity contribution in [1.82, 2.24) is 0 Å². The number of Topliss-reactive ketones (excluding diaryl/α,β-unsaturated/α-hetero) is 1. The first-order chi connectivity index (χ1) is 14.4. The van der Waals surface area contributed by atoms with E-state index in [4.69, 9.17) is 9.47 Å². The number of hydrogen-bond donors (Lipinski definition) is 0. The van der Waals surface area contributed by atoms with Crippen LogP contribution in [-0.4, -0.2) is 16.7 Å². The van der Waals surface area contributed by atoms with Gasteiger partial charge in [0, 0.05) is 18.2 Å². The van der Waals surface area contributed by atoms with Crippen LogP contribution in [0.25, 0.3) is 6.08 Å². The fraction of sp³-hybridized carbons (Fsp3) is 0. The molecule has 0 aromatic heterocycles. The molecule has 7 nitrogen and oxygen atoms in total. The number of hydrogen-bond acceptors (Lipinski definition) is 6. The van der Waals surface area contributed by atoms with Gasteiger partial charge in [-0.05, 0) is 48.0 Å². The molecular formula is C22H12FNO6. The molecule has 1 heterocycles. The van der Waals surface area contributed by atoms with Crippen molar-refractivity contribution in [2.24, 2.45) is 0 Å². The van der Waals surface area contributed by atoms with Gasteiger partial charge in [-0.2, -0.15) is 0 Å². The summed E-state index contributed by atoms with van der Waals surface area (Å²) in [7, 11) is 0. The van der Waals surface area contributed by atoms with Gasteiger partial charge in [0.05, 0.1) is 16.1 Å². The zero-order valence-electron chi connectivity index (χ0n) is 15.2. The van der Waals surface area contributed by atoms with Gasteiger partial charge in [-0.15, -0.1) is 0 Å². The number of nitro benzene ring substituents is 1. The molecule has 0 saturated carbocycles. The van der Waals surface area contributed by atoms with Crippen LogP contribution in [0, 0.1) is 15.9 Å². The third kappa shape index (κ3) is 3.79. The minimum atomic E-state index is -0.688. The molecule has 30 heavy (non-hydrogen) atoms. The zero-order valence-corrected chi connectivity index (χ0v) is 15.2. The van der Waals surface area contributed by atoms with Crippen molar-refractivity contribution in [1.29, 1.82) is 0 Å². The van der Waals surface area contributed by atoms with Gasteiger partial charge in [-0.3, -0.25) is 14.9 Å². The Morgan fingerprint density at radius 1 is 1.07 bits per heavy atom. The van der Waals surface area contributed by atoms with Gasteiger partial charge in [0.25, 0.3) is 5.69 Å². The lowest BCUT2D eigenvalue weighted by atomic mass is 10.1. The van der Waals surface area contributed by atoms with Crippen LogP contribution in [0.4, 0.5) is 10.1 Å². The number of nitrogens with zero attached hydrogens (tertiary/aromatic N) is 1. The lowest BCUT2D eigenvalue weighted by Gasteiger charge is -2.05. The Hall–Kier alpha value is -4.33. The Kier molecular flexibility index (Phi) is 4.81. The summed E-state index contributed by atoms with van der Waals surface area (Å²) >= 11 is 0. The number of nitro groups is 1. The number of benzene rings is 3. The maximum absolute atomic E-state index is 13.0. The zero-order chi connectivity index (χ0) is 21.3. The molecule has 8 heteroatoms. The molecule has 0 amide bonds. The molecule has 0 N–H and O–H groups in total. The van der Waals surface area contributed by atoms with Crippen LogP contribution >= 0.6 is 0 Å². The fourth-order valence-electron chi connectivity index (χ4n) is 2.86. The van der Waals surface area contributed by atoms with Crippen LogP contribution < -0.4 is 9.47 Å². The van der Waals surface area contributed by atoms with E-state index in [2.05, 4.69) is 0 Å². The Labute approximate surface area is 169 Å². The van der Waals surface area contributed by atoms with Crippen LogP contribution in [0.5, 0.6) is 11.5 Å². The highest BCUT2D eigenvalue weighted by Crippen LogP contribution is 2.35. The standard InChI is InChI=1S/C22H12FNO6/c23-15-6-4-14(5-7-15)22(26)29-17-8-9-18-19(12-17)30-20(21(18)25)11-13-2-1-3-16(10-13)24(27)28/h1-12H. The number of fused-ring (bicyclic) bond motifs is 1. The first kappa shape index (κ1) is 19.0. The Morgan fingerprint density at radius 2 is 1.83 bits per heavy atom. The Balaban J connectivity index is 1.55. The van der Waals surface area contributed by atoms with Crippen molar-refractivity contribution in [3.8, 4) is 11.5 Å². The van der Waals surface area contributed by atoms with Gasteiger partial charge in [0.2, 0.25) is 5.78 Å². The van der Waals surface area contributed by atoms with E-state index >= 15 is 0 Å². The summed E-state index contributed by atoms with van der Waals surface area (Å²) in [4.78, 5) is 35.1. The number of non-ortho nitro benzene ring substituents is 1. The van der Waals surface area contributed by atoms with Crippen molar-refractivity contribution in [3.63, 3.8) is 0 Å². The quantitative estimate of drug-likeness (QED) is 0.207. The van der Waals surface area contributed by atoms with Crippen LogP contribution in [0.2, 0.25) is 0 Å². The van der Waals surface area contributed by atoms with Crippen LogP contribution in [-0.2, 0) is 0 Å². The molecule has 148 valence electrons. The van der Waals surface area contributed by atoms with Crippen LogP contribution in [0.1, 0.15) is 26.3 Å². The van der Waals surface area contributed by atoms with Crippen molar-refractivity contribution < 1.29 is 28.4 Å². The van der Waals surface area contributed by atoms with E-state index in [-0.39, 0.29) is 34.1 Å². The molecule has 4 rings (SSSR count). The highest BCUT2D eigenvalue weighted by atomic mass is 19.1. The van der Waals surface area contributed by atoms with E-state index in [1.807, 2.05) is 0 Å². The number of ether oxygens (including phenoxy) is 2. The van der Waals surface area contributed by atoms with Gasteiger partial charge >= 0.3 is 5.97 Å².